The highest BCUT2D eigenvalue weighted by Gasteiger charge is 2.53. The number of aromatic nitrogens is 6. The van der Waals surface area contributed by atoms with Gasteiger partial charge in [0.1, 0.15) is 11.5 Å². The number of nitrogens with zero attached hydrogens (tertiary/aromatic N) is 10. The van der Waals surface area contributed by atoms with Gasteiger partial charge >= 0.3 is 0 Å². The summed E-state index contributed by atoms with van der Waals surface area (Å²) in [6.45, 7) is 0. The van der Waals surface area contributed by atoms with Gasteiger partial charge in [-0.3, -0.25) is 9.97 Å². The number of nitriles is 3. The van der Waals surface area contributed by atoms with E-state index in [1.54, 1.807) is 6.07 Å². The Kier molecular flexibility index (Phi) is 10.8. The molecule has 1 spiro atoms. The summed E-state index contributed by atoms with van der Waals surface area (Å²) >= 11 is 0. The number of anilines is 3. The Labute approximate surface area is 558 Å². The molecule has 3 aliphatic rings. The molecule has 0 saturated heterocycles. The van der Waals surface area contributed by atoms with E-state index in [-0.39, 0.29) is 0 Å². The highest BCUT2D eigenvalue weighted by Crippen LogP contribution is 2.63. The number of pyridine rings is 2. The Balaban J connectivity index is 0.843. The second kappa shape index (κ2) is 19.8. The van der Waals surface area contributed by atoms with Crippen molar-refractivity contribution in [2.24, 2.45) is 0 Å². The Morgan fingerprint density at radius 2 is 0.643 bits per heavy atom. The third kappa shape index (κ3) is 7.17. The lowest BCUT2D eigenvalue weighted by Crippen LogP contribution is -2.32. The molecule has 0 fully saturated rings. The molecular weight excluding hydrogens is 1210 g/mol. The minimum absolute atomic E-state index is 0.518. The lowest BCUT2D eigenvalue weighted by Gasteiger charge is -2.39. The molecule has 2 aliphatic heterocycles. The normalized spacial score (nSPS) is 13.1. The number of ether oxygens (including phenoxy) is 2. The molecule has 0 unspecified atom stereocenters. The Morgan fingerprint density at radius 3 is 1.13 bits per heavy atom. The summed E-state index contributed by atoms with van der Waals surface area (Å²) < 4.78 is 23.4. The molecule has 0 N–H and O–H groups in total. The number of para-hydroxylation sites is 7. The van der Waals surface area contributed by atoms with Crippen molar-refractivity contribution in [3.05, 3.63) is 318 Å². The van der Waals surface area contributed by atoms with Crippen molar-refractivity contribution in [1.29, 1.82) is 15.8 Å². The van der Waals surface area contributed by atoms with Gasteiger partial charge in [0.25, 0.3) is 0 Å². The number of hydrogen-bond acceptors (Lipinski definition) is 8. The van der Waals surface area contributed by atoms with Crippen molar-refractivity contribution in [2.45, 2.75) is 5.41 Å². The van der Waals surface area contributed by atoms with Crippen LogP contribution in [0.4, 0.5) is 17.1 Å². The molecule has 1 aliphatic carbocycles. The average molecular weight is 1250 g/mol. The smallest absolute Gasteiger partial charge is 0.152 e. The van der Waals surface area contributed by atoms with Gasteiger partial charge in [0.05, 0.1) is 131 Å². The quantitative estimate of drug-likeness (QED) is 0.166. The Bertz CT molecular complexity index is 6540. The zero-order chi connectivity index (χ0) is 64.6. The van der Waals surface area contributed by atoms with Gasteiger partial charge in [-0.15, -0.1) is 0 Å². The molecule has 12 nitrogen and oxygen atoms in total. The lowest BCUT2D eigenvalue weighted by atomic mass is 9.66. The molecule has 12 aromatic carbocycles. The molecule has 18 aromatic rings. The molecule has 0 bridgehead atoms. The van der Waals surface area contributed by atoms with Gasteiger partial charge in [-0.2, -0.15) is 15.8 Å². The van der Waals surface area contributed by atoms with Crippen LogP contribution in [0.5, 0.6) is 23.0 Å². The highest BCUT2D eigenvalue weighted by molar-refractivity contribution is 6.14. The first-order valence-electron chi connectivity index (χ1n) is 32.4. The first-order chi connectivity index (χ1) is 48.4. The molecule has 98 heavy (non-hydrogen) atoms. The van der Waals surface area contributed by atoms with Crippen LogP contribution in [0.1, 0.15) is 38.9 Å². The maximum Gasteiger partial charge on any atom is 0.152 e. The van der Waals surface area contributed by atoms with E-state index < -0.39 is 5.41 Å². The predicted molar refractivity (Wildman–Crippen MR) is 386 cm³/mol. The maximum absolute atomic E-state index is 10.2. The standard InChI is InChI=1S/C86H46N10O2/c87-45-50-25-33-75-63(37-50)60-15-3-9-21-73(60)95(75)56-41-68-84(90-48-56)85-69(42-57(49-91-85)96-74-22-10-4-16-61(74)64-38-51(46-88)26-34-76(64)96)86(68)66-31-28-54(92-70-18-6-1-13-58(70)59-14-2-7-19-71(59)92)43-81(66)98-82-44-55(29-32-67(82)86)93-72-20-8-5-17-62(72)65-40-53(30-36-77(65)93)94-78-23-11-12-24-80(78)97-83-39-52(47-89)27-35-79(83)94/h1-44,48-49H. The first-order valence-corrected chi connectivity index (χ1v) is 32.4. The van der Waals surface area contributed by atoms with Crippen molar-refractivity contribution in [3.8, 4) is 75.3 Å². The van der Waals surface area contributed by atoms with Crippen LogP contribution < -0.4 is 14.4 Å². The van der Waals surface area contributed by atoms with E-state index >= 15 is 0 Å². The average Bonchev–Trinajstić information content (AvgIpc) is 1.47. The summed E-state index contributed by atoms with van der Waals surface area (Å²) in [4.78, 5) is 13.4. The van der Waals surface area contributed by atoms with Gasteiger partial charge in [0.2, 0.25) is 0 Å². The van der Waals surface area contributed by atoms with Crippen molar-refractivity contribution < 1.29 is 9.47 Å². The van der Waals surface area contributed by atoms with E-state index in [1.807, 2.05) is 91.3 Å². The van der Waals surface area contributed by atoms with Gasteiger partial charge in [-0.05, 0) is 133 Å². The largest absolute Gasteiger partial charge is 0.457 e. The molecule has 452 valence electrons. The fraction of sp³-hybridized carbons (Fsp3) is 0.0116. The van der Waals surface area contributed by atoms with Crippen LogP contribution >= 0.6 is 0 Å². The van der Waals surface area contributed by atoms with E-state index in [0.29, 0.717) is 39.7 Å². The van der Waals surface area contributed by atoms with Crippen LogP contribution in [-0.4, -0.2) is 28.2 Å². The number of hydrogen-bond donors (Lipinski definition) is 0. The molecule has 8 heterocycles. The van der Waals surface area contributed by atoms with Crippen LogP contribution in [0.3, 0.4) is 0 Å². The van der Waals surface area contributed by atoms with Crippen LogP contribution in [-0.2, 0) is 5.41 Å². The van der Waals surface area contributed by atoms with Gasteiger partial charge < -0.3 is 32.6 Å². The van der Waals surface area contributed by atoms with Crippen LogP contribution in [0, 0.1) is 34.0 Å². The molecule has 12 heteroatoms. The Morgan fingerprint density at radius 1 is 0.276 bits per heavy atom. The lowest BCUT2D eigenvalue weighted by molar-refractivity contribution is 0.436. The van der Waals surface area contributed by atoms with E-state index in [2.05, 4.69) is 223 Å². The predicted octanol–water partition coefficient (Wildman–Crippen LogP) is 20.5. The summed E-state index contributed by atoms with van der Waals surface area (Å²) in [6.07, 6.45) is 3.93. The van der Waals surface area contributed by atoms with Gasteiger partial charge in [-0.25, -0.2) is 0 Å². The van der Waals surface area contributed by atoms with E-state index in [1.165, 1.54) is 0 Å². The highest BCUT2D eigenvalue weighted by atomic mass is 16.5. The van der Waals surface area contributed by atoms with E-state index in [0.717, 1.165) is 161 Å². The Hall–Kier alpha value is -14.0. The van der Waals surface area contributed by atoms with Crippen molar-refractivity contribution in [2.75, 3.05) is 4.90 Å². The van der Waals surface area contributed by atoms with Gasteiger partial charge in [0, 0.05) is 101 Å². The van der Waals surface area contributed by atoms with Crippen molar-refractivity contribution >= 4 is 104 Å². The summed E-state index contributed by atoms with van der Waals surface area (Å²) in [5, 5.41) is 38.8. The van der Waals surface area contributed by atoms with Crippen molar-refractivity contribution in [1.82, 2.24) is 28.2 Å². The zero-order valence-electron chi connectivity index (χ0n) is 51.8. The summed E-state index contributed by atoms with van der Waals surface area (Å²) in [6, 6.07) is 99.6. The fourth-order valence-corrected chi connectivity index (χ4v) is 16.5. The van der Waals surface area contributed by atoms with Crippen molar-refractivity contribution in [3.63, 3.8) is 0 Å². The molecule has 6 aromatic heterocycles. The molecular formula is C86H46N10O2. The second-order valence-corrected chi connectivity index (χ2v) is 25.4. The van der Waals surface area contributed by atoms with Crippen LogP contribution in [0.2, 0.25) is 0 Å². The SMILES string of the molecule is N#Cc1ccc2c(c1)Oc1ccccc1N2c1ccc2c(c1)c1ccccc1n2-c1ccc2c(c1)Oc1cc(-n3c4ccccc4c4ccccc43)ccc1C21c2cc(-n3c4ccccc4c4cc(C#N)ccc43)cnc2-c2ncc(-n3c4ccccc4c4cc(C#N)ccc43)cc21. The minimum Gasteiger partial charge on any atom is -0.457 e. The molecule has 0 radical (unpaired) electrons. The maximum atomic E-state index is 10.2. The molecule has 0 atom stereocenters. The van der Waals surface area contributed by atoms with Crippen LogP contribution in [0.25, 0.3) is 121 Å². The van der Waals surface area contributed by atoms with E-state index in [4.69, 9.17) is 19.4 Å². The zero-order valence-corrected chi connectivity index (χ0v) is 51.8. The molecule has 0 saturated carbocycles. The summed E-state index contributed by atoms with van der Waals surface area (Å²) in [7, 11) is 0. The fourth-order valence-electron chi connectivity index (χ4n) is 16.5. The van der Waals surface area contributed by atoms with E-state index in [9.17, 15) is 15.8 Å². The topological polar surface area (TPSA) is 139 Å². The monoisotopic (exact) mass is 1250 g/mol. The summed E-state index contributed by atoms with van der Waals surface area (Å²) in [5.74, 6) is 2.64. The first kappa shape index (κ1) is 53.5. The van der Waals surface area contributed by atoms with Gasteiger partial charge in [0.15, 0.2) is 11.5 Å². The number of benzene rings is 12. The summed E-state index contributed by atoms with van der Waals surface area (Å²) in [5.41, 5.74) is 19.9. The second-order valence-electron chi connectivity index (χ2n) is 25.4. The third-order valence-electron chi connectivity index (χ3n) is 20.5. The molecule has 21 rings (SSSR count). The number of fused-ring (bicyclic) bond motifs is 23. The van der Waals surface area contributed by atoms with Gasteiger partial charge in [-0.1, -0.05) is 115 Å². The minimum atomic E-state index is -1.13. The number of rotatable bonds is 5. The molecule has 0 amide bonds. The third-order valence-corrected chi connectivity index (χ3v) is 20.5. The van der Waals surface area contributed by atoms with Crippen LogP contribution in [0.15, 0.2) is 279 Å².